The fourth-order valence-corrected chi connectivity index (χ4v) is 2.76. The molecule has 0 unspecified atom stereocenters. The van der Waals surface area contributed by atoms with Crippen LogP contribution >= 0.6 is 12.2 Å². The largest absolute Gasteiger partial charge is 0.423 e. The van der Waals surface area contributed by atoms with E-state index in [1.807, 2.05) is 25.1 Å². The van der Waals surface area contributed by atoms with E-state index in [9.17, 15) is 4.79 Å². The summed E-state index contributed by atoms with van der Waals surface area (Å²) >= 11 is 5.49. The molecule has 0 aliphatic heterocycles. The molecule has 1 N–H and O–H groups in total. The summed E-state index contributed by atoms with van der Waals surface area (Å²) in [6, 6.07) is 7.23. The Labute approximate surface area is 136 Å². The number of aryl methyl sites for hydroxylation is 1. The first-order valence-electron chi connectivity index (χ1n) is 7.65. The number of hydrogen-bond donors (Lipinski definition) is 1. The van der Waals surface area contributed by atoms with Crippen molar-refractivity contribution in [3.8, 4) is 0 Å². The number of benzene rings is 1. The number of rotatable bonds is 5. The maximum atomic E-state index is 11.5. The number of nitrogens with zero attached hydrogens (tertiary/aromatic N) is 1. The summed E-state index contributed by atoms with van der Waals surface area (Å²) in [5.74, 6) is 0. The Morgan fingerprint density at radius 1 is 1.23 bits per heavy atom. The van der Waals surface area contributed by atoms with Crippen LogP contribution in [0.4, 0.5) is 5.69 Å². The molecular formula is C17H22N2O2S. The first-order valence-corrected chi connectivity index (χ1v) is 8.06. The lowest BCUT2D eigenvalue weighted by Crippen LogP contribution is -2.35. The van der Waals surface area contributed by atoms with Crippen molar-refractivity contribution in [1.29, 1.82) is 0 Å². The van der Waals surface area contributed by atoms with E-state index >= 15 is 0 Å². The van der Waals surface area contributed by atoms with Gasteiger partial charge in [0.25, 0.3) is 0 Å². The van der Waals surface area contributed by atoms with Crippen molar-refractivity contribution in [1.82, 2.24) is 4.90 Å². The zero-order valence-electron chi connectivity index (χ0n) is 13.3. The van der Waals surface area contributed by atoms with E-state index in [1.54, 1.807) is 0 Å². The van der Waals surface area contributed by atoms with Crippen LogP contribution in [0.3, 0.4) is 0 Å². The van der Waals surface area contributed by atoms with Crippen molar-refractivity contribution in [2.75, 3.05) is 18.4 Å². The van der Waals surface area contributed by atoms with Crippen molar-refractivity contribution >= 4 is 34.0 Å². The predicted molar refractivity (Wildman–Crippen MR) is 95.6 cm³/mol. The van der Waals surface area contributed by atoms with Crippen molar-refractivity contribution in [3.05, 3.63) is 40.2 Å². The second kappa shape index (κ2) is 7.40. The van der Waals surface area contributed by atoms with Crippen molar-refractivity contribution in [2.24, 2.45) is 0 Å². The molecule has 1 heterocycles. The summed E-state index contributed by atoms with van der Waals surface area (Å²) in [7, 11) is 0. The third-order valence-corrected chi connectivity index (χ3v) is 3.84. The highest BCUT2D eigenvalue weighted by Gasteiger charge is 2.09. The summed E-state index contributed by atoms with van der Waals surface area (Å²) in [5.41, 5.74) is 2.00. The number of hydrogen-bond acceptors (Lipinski definition) is 3. The molecule has 1 aromatic heterocycles. The number of anilines is 1. The molecule has 0 bridgehead atoms. The highest BCUT2D eigenvalue weighted by molar-refractivity contribution is 7.80. The zero-order chi connectivity index (χ0) is 16.1. The van der Waals surface area contributed by atoms with Crippen LogP contribution in [0.5, 0.6) is 0 Å². The zero-order valence-corrected chi connectivity index (χ0v) is 14.1. The predicted octanol–water partition coefficient (Wildman–Crippen LogP) is 3.92. The Balaban J connectivity index is 2.24. The van der Waals surface area contributed by atoms with Gasteiger partial charge in [-0.05, 0) is 49.7 Å². The Hall–Kier alpha value is -1.88. The highest BCUT2D eigenvalue weighted by atomic mass is 32.1. The van der Waals surface area contributed by atoms with Crippen LogP contribution in [0.1, 0.15) is 32.3 Å². The van der Waals surface area contributed by atoms with Gasteiger partial charge in [0.2, 0.25) is 0 Å². The minimum Gasteiger partial charge on any atom is -0.423 e. The molecule has 0 aliphatic carbocycles. The van der Waals surface area contributed by atoms with Gasteiger partial charge in [0.15, 0.2) is 5.11 Å². The fourth-order valence-electron chi connectivity index (χ4n) is 2.46. The molecule has 0 saturated carbocycles. The minimum atomic E-state index is -0.330. The van der Waals surface area contributed by atoms with E-state index in [2.05, 4.69) is 24.1 Å². The molecule has 0 saturated heterocycles. The van der Waals surface area contributed by atoms with Crippen LogP contribution in [-0.4, -0.2) is 23.1 Å². The lowest BCUT2D eigenvalue weighted by atomic mass is 10.1. The number of nitrogens with one attached hydrogen (secondary N) is 1. The van der Waals surface area contributed by atoms with Crippen molar-refractivity contribution < 1.29 is 4.42 Å². The maximum Gasteiger partial charge on any atom is 0.336 e. The van der Waals surface area contributed by atoms with Crippen LogP contribution in [0.15, 0.2) is 33.5 Å². The number of fused-ring (bicyclic) bond motifs is 1. The fraction of sp³-hybridized carbons (Fsp3) is 0.412. The summed E-state index contributed by atoms with van der Waals surface area (Å²) in [5, 5.41) is 4.88. The molecule has 0 fully saturated rings. The normalized spacial score (nSPS) is 10.7. The molecule has 0 amide bonds. The average molecular weight is 318 g/mol. The van der Waals surface area contributed by atoms with Gasteiger partial charge in [-0.2, -0.15) is 0 Å². The van der Waals surface area contributed by atoms with Crippen molar-refractivity contribution in [3.63, 3.8) is 0 Å². The highest BCUT2D eigenvalue weighted by Crippen LogP contribution is 2.21. The lowest BCUT2D eigenvalue weighted by Gasteiger charge is -2.25. The first-order chi connectivity index (χ1) is 10.5. The summed E-state index contributed by atoms with van der Waals surface area (Å²) < 4.78 is 5.27. The molecular weight excluding hydrogens is 296 g/mol. The smallest absolute Gasteiger partial charge is 0.336 e. The molecule has 2 rings (SSSR count). The van der Waals surface area contributed by atoms with Crippen LogP contribution in [0.25, 0.3) is 11.0 Å². The van der Waals surface area contributed by atoms with Gasteiger partial charge in [0, 0.05) is 36.3 Å². The molecule has 0 spiro atoms. The molecule has 118 valence electrons. The molecule has 0 aliphatic rings. The van der Waals surface area contributed by atoms with Gasteiger partial charge in [-0.3, -0.25) is 0 Å². The lowest BCUT2D eigenvalue weighted by molar-refractivity contribution is 0.423. The topological polar surface area (TPSA) is 45.5 Å². The van der Waals surface area contributed by atoms with Gasteiger partial charge in [-0.15, -0.1) is 0 Å². The van der Waals surface area contributed by atoms with E-state index in [0.717, 1.165) is 42.6 Å². The summed E-state index contributed by atoms with van der Waals surface area (Å²) in [6.45, 7) is 8.04. The SMILES string of the molecule is CCCN(CCC)C(=S)Nc1ccc2c(C)cc(=O)oc2c1. The van der Waals surface area contributed by atoms with Gasteiger partial charge in [0.1, 0.15) is 5.58 Å². The van der Waals surface area contributed by atoms with Gasteiger partial charge < -0.3 is 14.6 Å². The van der Waals surface area contributed by atoms with Crippen LogP contribution in [0, 0.1) is 6.92 Å². The quantitative estimate of drug-likeness (QED) is 0.669. The Morgan fingerprint density at radius 2 is 1.91 bits per heavy atom. The second-order valence-corrected chi connectivity index (χ2v) is 5.76. The van der Waals surface area contributed by atoms with Crippen LogP contribution < -0.4 is 10.9 Å². The van der Waals surface area contributed by atoms with Gasteiger partial charge in [-0.1, -0.05) is 13.8 Å². The van der Waals surface area contributed by atoms with E-state index < -0.39 is 0 Å². The third kappa shape index (κ3) is 3.85. The molecule has 0 atom stereocenters. The standard InChI is InChI=1S/C17H22N2O2S/c1-4-8-19(9-5-2)17(22)18-13-6-7-14-12(3)10-16(20)21-15(14)11-13/h6-7,10-11H,4-5,8-9H2,1-3H3,(H,18,22). The molecule has 2 aromatic rings. The van der Waals surface area contributed by atoms with E-state index in [4.69, 9.17) is 16.6 Å². The Morgan fingerprint density at radius 3 is 2.55 bits per heavy atom. The first kappa shape index (κ1) is 16.5. The molecule has 0 radical (unpaired) electrons. The Bertz CT molecular complexity index is 718. The monoisotopic (exact) mass is 318 g/mol. The average Bonchev–Trinajstić information content (AvgIpc) is 2.46. The van der Waals surface area contributed by atoms with E-state index in [1.165, 1.54) is 6.07 Å². The van der Waals surface area contributed by atoms with Gasteiger partial charge >= 0.3 is 5.63 Å². The molecule has 22 heavy (non-hydrogen) atoms. The molecule has 5 heteroatoms. The van der Waals surface area contributed by atoms with Crippen LogP contribution in [-0.2, 0) is 0 Å². The summed E-state index contributed by atoms with van der Waals surface area (Å²) in [4.78, 5) is 13.7. The third-order valence-electron chi connectivity index (χ3n) is 3.48. The van der Waals surface area contributed by atoms with Gasteiger partial charge in [0.05, 0.1) is 0 Å². The minimum absolute atomic E-state index is 0.330. The Kier molecular flexibility index (Phi) is 5.55. The van der Waals surface area contributed by atoms with Crippen molar-refractivity contribution in [2.45, 2.75) is 33.6 Å². The summed E-state index contributed by atoms with van der Waals surface area (Å²) in [6.07, 6.45) is 2.10. The molecule has 4 nitrogen and oxygen atoms in total. The van der Waals surface area contributed by atoms with E-state index in [-0.39, 0.29) is 5.63 Å². The number of thiocarbonyl (C=S) groups is 1. The van der Waals surface area contributed by atoms with Gasteiger partial charge in [-0.25, -0.2) is 4.79 Å². The second-order valence-electron chi connectivity index (χ2n) is 5.38. The maximum absolute atomic E-state index is 11.5. The van der Waals surface area contributed by atoms with E-state index in [0.29, 0.717) is 10.7 Å². The molecule has 1 aromatic carbocycles. The van der Waals surface area contributed by atoms with Crippen LogP contribution in [0.2, 0.25) is 0 Å².